The lowest BCUT2D eigenvalue weighted by atomic mass is 10.1. The van der Waals surface area contributed by atoms with Crippen molar-refractivity contribution in [3.05, 3.63) is 42.0 Å². The van der Waals surface area contributed by atoms with Gasteiger partial charge in [0.05, 0.1) is 34.0 Å². The summed E-state index contributed by atoms with van der Waals surface area (Å²) >= 11 is 0. The van der Waals surface area contributed by atoms with Crippen LogP contribution in [-0.4, -0.2) is 35.5 Å². The number of methoxy groups -OCH3 is 4. The van der Waals surface area contributed by atoms with Gasteiger partial charge in [0, 0.05) is 31.4 Å². The number of rotatable bonds is 7. The highest BCUT2D eigenvalue weighted by molar-refractivity contribution is 5.55. The first kappa shape index (κ1) is 16.8. The summed E-state index contributed by atoms with van der Waals surface area (Å²) in [5, 5.41) is 0. The predicted molar refractivity (Wildman–Crippen MR) is 91.2 cm³/mol. The van der Waals surface area contributed by atoms with Gasteiger partial charge in [0.15, 0.2) is 0 Å². The normalized spacial score (nSPS) is 10.1. The topological polar surface area (TPSA) is 40.2 Å². The minimum Gasteiger partial charge on any atom is -0.497 e. The minimum atomic E-state index is 0.642. The van der Waals surface area contributed by atoms with Crippen LogP contribution in [0.1, 0.15) is 5.56 Å². The summed E-state index contributed by atoms with van der Waals surface area (Å²) in [7, 11) is 8.59. The van der Waals surface area contributed by atoms with Gasteiger partial charge in [-0.05, 0) is 24.3 Å². The first-order valence-electron chi connectivity index (χ1n) is 7.27. The maximum atomic E-state index is 5.50. The Hall–Kier alpha value is -2.56. The van der Waals surface area contributed by atoms with Gasteiger partial charge >= 0.3 is 0 Å². The second kappa shape index (κ2) is 7.63. The first-order valence-corrected chi connectivity index (χ1v) is 7.27. The third-order valence-electron chi connectivity index (χ3n) is 3.73. The highest BCUT2D eigenvalue weighted by Gasteiger charge is 2.15. The fraction of sp³-hybridized carbons (Fsp3) is 0.333. The van der Waals surface area contributed by atoms with Crippen molar-refractivity contribution in [1.29, 1.82) is 0 Å². The van der Waals surface area contributed by atoms with Crippen LogP contribution in [0.25, 0.3) is 0 Å². The molecule has 0 amide bonds. The van der Waals surface area contributed by atoms with Crippen LogP contribution >= 0.6 is 0 Å². The van der Waals surface area contributed by atoms with E-state index < -0.39 is 0 Å². The molecule has 0 radical (unpaired) electrons. The molecule has 2 rings (SSSR count). The van der Waals surface area contributed by atoms with Crippen LogP contribution < -0.4 is 23.8 Å². The Bertz CT molecular complexity index is 615. The molecule has 2 aromatic carbocycles. The Morgan fingerprint density at radius 1 is 0.739 bits per heavy atom. The maximum absolute atomic E-state index is 5.50. The monoisotopic (exact) mass is 317 g/mol. The molecule has 0 fully saturated rings. The lowest BCUT2D eigenvalue weighted by Gasteiger charge is -2.23. The predicted octanol–water partition coefficient (Wildman–Crippen LogP) is 3.36. The summed E-state index contributed by atoms with van der Waals surface area (Å²) in [5.74, 6) is 3.01. The van der Waals surface area contributed by atoms with Crippen LogP contribution in [0.3, 0.4) is 0 Å². The molecule has 2 aromatic rings. The fourth-order valence-corrected chi connectivity index (χ4v) is 2.40. The summed E-state index contributed by atoms with van der Waals surface area (Å²) in [6.45, 7) is 0.642. The van der Waals surface area contributed by atoms with E-state index in [1.165, 1.54) is 0 Å². The molecule has 23 heavy (non-hydrogen) atoms. The largest absolute Gasteiger partial charge is 0.497 e. The highest BCUT2D eigenvalue weighted by Crippen LogP contribution is 2.35. The van der Waals surface area contributed by atoms with E-state index in [1.54, 1.807) is 28.4 Å². The molecular formula is C18H23NO4. The molecule has 0 aliphatic heterocycles. The number of benzene rings is 2. The van der Waals surface area contributed by atoms with Gasteiger partial charge < -0.3 is 23.8 Å². The molecule has 5 nitrogen and oxygen atoms in total. The van der Waals surface area contributed by atoms with E-state index in [1.807, 2.05) is 43.4 Å². The molecule has 0 saturated carbocycles. The van der Waals surface area contributed by atoms with Crippen molar-refractivity contribution >= 4 is 5.69 Å². The van der Waals surface area contributed by atoms with Crippen molar-refractivity contribution in [2.75, 3.05) is 40.4 Å². The zero-order valence-corrected chi connectivity index (χ0v) is 14.3. The zero-order chi connectivity index (χ0) is 16.8. The Balaban J connectivity index is 2.29. The van der Waals surface area contributed by atoms with Gasteiger partial charge in [0.2, 0.25) is 0 Å². The second-order valence-corrected chi connectivity index (χ2v) is 5.06. The summed E-state index contributed by atoms with van der Waals surface area (Å²) in [5.41, 5.74) is 2.04. The first-order chi connectivity index (χ1) is 11.1. The van der Waals surface area contributed by atoms with Gasteiger partial charge in [-0.15, -0.1) is 0 Å². The fourth-order valence-electron chi connectivity index (χ4n) is 2.40. The van der Waals surface area contributed by atoms with Gasteiger partial charge in [-0.1, -0.05) is 0 Å². The molecule has 0 unspecified atom stereocenters. The van der Waals surface area contributed by atoms with Gasteiger partial charge in [0.25, 0.3) is 0 Å². The number of hydrogen-bond acceptors (Lipinski definition) is 5. The highest BCUT2D eigenvalue weighted by atomic mass is 16.5. The van der Waals surface area contributed by atoms with E-state index in [2.05, 4.69) is 4.90 Å². The van der Waals surface area contributed by atoms with Crippen molar-refractivity contribution in [1.82, 2.24) is 0 Å². The molecule has 0 bridgehead atoms. The average Bonchev–Trinajstić information content (AvgIpc) is 2.61. The molecule has 0 aliphatic rings. The van der Waals surface area contributed by atoms with E-state index in [4.69, 9.17) is 18.9 Å². The van der Waals surface area contributed by atoms with E-state index in [0.717, 1.165) is 28.5 Å². The number of nitrogens with zero attached hydrogens (tertiary/aromatic N) is 1. The summed E-state index contributed by atoms with van der Waals surface area (Å²) in [6, 6.07) is 11.6. The molecule has 5 heteroatoms. The van der Waals surface area contributed by atoms with Crippen LogP contribution in [0, 0.1) is 0 Å². The summed E-state index contributed by atoms with van der Waals surface area (Å²) in [6.07, 6.45) is 0. The smallest absolute Gasteiger partial charge is 0.131 e. The molecule has 0 spiro atoms. The molecule has 124 valence electrons. The number of anilines is 1. The lowest BCUT2D eigenvalue weighted by Crippen LogP contribution is -2.17. The third-order valence-corrected chi connectivity index (χ3v) is 3.73. The van der Waals surface area contributed by atoms with Crippen LogP contribution in [0.4, 0.5) is 5.69 Å². The number of hydrogen-bond donors (Lipinski definition) is 0. The van der Waals surface area contributed by atoms with Crippen LogP contribution in [0.15, 0.2) is 36.4 Å². The Morgan fingerprint density at radius 3 is 1.70 bits per heavy atom. The molecule has 0 heterocycles. The number of ether oxygens (including phenoxy) is 4. The molecule has 0 atom stereocenters. The maximum Gasteiger partial charge on any atom is 0.131 e. The SMILES string of the molecule is COc1ccc(N(C)Cc2c(OC)cc(OC)cc2OC)cc1. The Kier molecular flexibility index (Phi) is 5.57. The summed E-state index contributed by atoms with van der Waals surface area (Å²) < 4.78 is 21.5. The quantitative estimate of drug-likeness (QED) is 0.783. The van der Waals surface area contributed by atoms with E-state index >= 15 is 0 Å². The molecule has 0 aromatic heterocycles. The van der Waals surface area contributed by atoms with Crippen LogP contribution in [-0.2, 0) is 6.54 Å². The molecule has 0 saturated heterocycles. The lowest BCUT2D eigenvalue weighted by molar-refractivity contribution is 0.368. The van der Waals surface area contributed by atoms with Gasteiger partial charge in [-0.3, -0.25) is 0 Å². The van der Waals surface area contributed by atoms with E-state index in [9.17, 15) is 0 Å². The van der Waals surface area contributed by atoms with Gasteiger partial charge in [-0.25, -0.2) is 0 Å². The van der Waals surface area contributed by atoms with Gasteiger partial charge in [0.1, 0.15) is 23.0 Å². The van der Waals surface area contributed by atoms with Crippen molar-refractivity contribution < 1.29 is 18.9 Å². The van der Waals surface area contributed by atoms with E-state index in [0.29, 0.717) is 12.3 Å². The molecule has 0 N–H and O–H groups in total. The Labute approximate surface area is 137 Å². The standard InChI is InChI=1S/C18H23NO4/c1-19(13-6-8-14(20-2)9-7-13)12-16-17(22-4)10-15(21-3)11-18(16)23-5/h6-11H,12H2,1-5H3. The molecule has 0 aliphatic carbocycles. The van der Waals surface area contributed by atoms with Crippen molar-refractivity contribution in [2.45, 2.75) is 6.54 Å². The zero-order valence-electron chi connectivity index (χ0n) is 14.3. The van der Waals surface area contributed by atoms with Crippen molar-refractivity contribution in [3.8, 4) is 23.0 Å². The molecular weight excluding hydrogens is 294 g/mol. The Morgan fingerprint density at radius 2 is 1.26 bits per heavy atom. The minimum absolute atomic E-state index is 0.642. The van der Waals surface area contributed by atoms with Crippen molar-refractivity contribution in [2.24, 2.45) is 0 Å². The third kappa shape index (κ3) is 3.80. The van der Waals surface area contributed by atoms with Crippen molar-refractivity contribution in [3.63, 3.8) is 0 Å². The van der Waals surface area contributed by atoms with Crippen LogP contribution in [0.2, 0.25) is 0 Å². The second-order valence-electron chi connectivity index (χ2n) is 5.06. The van der Waals surface area contributed by atoms with Gasteiger partial charge in [-0.2, -0.15) is 0 Å². The van der Waals surface area contributed by atoms with E-state index in [-0.39, 0.29) is 0 Å². The van der Waals surface area contributed by atoms with Crippen LogP contribution in [0.5, 0.6) is 23.0 Å². The average molecular weight is 317 g/mol. The summed E-state index contributed by atoms with van der Waals surface area (Å²) in [4.78, 5) is 2.12.